The smallest absolute Gasteiger partial charge is 0.231 e. The molecule has 2 aromatic carbocycles. The van der Waals surface area contributed by atoms with Gasteiger partial charge in [-0.1, -0.05) is 30.3 Å². The standard InChI is InChI=1S/C23H19N3O2S/c24-11-19-18-8-9-26(13-16-4-2-1-3-5-16)14-22(18)29-23(19)25-12-17-6-7-20-21(10-17)28-15-27-20/h1-7,10,12H,8-9,13-15H2. The predicted molar refractivity (Wildman–Crippen MR) is 113 cm³/mol. The second kappa shape index (κ2) is 7.70. The van der Waals surface area contributed by atoms with E-state index < -0.39 is 0 Å². The monoisotopic (exact) mass is 401 g/mol. The Bertz CT molecular complexity index is 1120. The van der Waals surface area contributed by atoms with Crippen molar-refractivity contribution >= 4 is 22.6 Å². The molecular formula is C23H19N3O2S. The third kappa shape index (κ3) is 3.63. The summed E-state index contributed by atoms with van der Waals surface area (Å²) in [5.41, 5.74) is 4.13. The number of ether oxygens (including phenoxy) is 2. The van der Waals surface area contributed by atoms with Crippen molar-refractivity contribution in [3.63, 3.8) is 0 Å². The fourth-order valence-corrected chi connectivity index (χ4v) is 4.94. The maximum Gasteiger partial charge on any atom is 0.231 e. The van der Waals surface area contributed by atoms with Crippen molar-refractivity contribution in [1.82, 2.24) is 4.90 Å². The van der Waals surface area contributed by atoms with Crippen molar-refractivity contribution in [2.75, 3.05) is 13.3 Å². The van der Waals surface area contributed by atoms with Crippen LogP contribution in [-0.2, 0) is 19.5 Å². The van der Waals surface area contributed by atoms with E-state index in [0.29, 0.717) is 0 Å². The van der Waals surface area contributed by atoms with Crippen LogP contribution in [0.5, 0.6) is 11.5 Å². The quantitative estimate of drug-likeness (QED) is 0.597. The average molecular weight is 401 g/mol. The maximum atomic E-state index is 9.72. The molecule has 0 atom stereocenters. The van der Waals surface area contributed by atoms with E-state index >= 15 is 0 Å². The summed E-state index contributed by atoms with van der Waals surface area (Å²) in [4.78, 5) is 8.33. The van der Waals surface area contributed by atoms with Gasteiger partial charge in [0.05, 0.1) is 5.56 Å². The zero-order valence-electron chi connectivity index (χ0n) is 15.8. The number of rotatable bonds is 4. The molecule has 0 saturated heterocycles. The molecule has 144 valence electrons. The number of hydrogen-bond acceptors (Lipinski definition) is 6. The molecule has 0 bridgehead atoms. The molecule has 6 heteroatoms. The van der Waals surface area contributed by atoms with E-state index in [9.17, 15) is 5.26 Å². The average Bonchev–Trinajstić information content (AvgIpc) is 3.36. The number of nitrogens with zero attached hydrogens (tertiary/aromatic N) is 3. The molecule has 29 heavy (non-hydrogen) atoms. The number of aliphatic imine (C=N–C) groups is 1. The Kier molecular flexibility index (Phi) is 4.76. The molecule has 5 rings (SSSR count). The van der Waals surface area contributed by atoms with Crippen LogP contribution in [0.25, 0.3) is 0 Å². The lowest BCUT2D eigenvalue weighted by atomic mass is 10.0. The van der Waals surface area contributed by atoms with Gasteiger partial charge in [-0.15, -0.1) is 11.3 Å². The summed E-state index contributed by atoms with van der Waals surface area (Å²) in [5.74, 6) is 1.49. The maximum absolute atomic E-state index is 9.72. The van der Waals surface area contributed by atoms with Gasteiger partial charge in [0, 0.05) is 30.7 Å². The highest BCUT2D eigenvalue weighted by molar-refractivity contribution is 7.16. The van der Waals surface area contributed by atoms with Crippen LogP contribution in [0.2, 0.25) is 0 Å². The Morgan fingerprint density at radius 2 is 2.00 bits per heavy atom. The zero-order valence-corrected chi connectivity index (χ0v) is 16.6. The highest BCUT2D eigenvalue weighted by Gasteiger charge is 2.24. The topological polar surface area (TPSA) is 57.9 Å². The highest BCUT2D eigenvalue weighted by atomic mass is 32.1. The fourth-order valence-electron chi connectivity index (χ4n) is 3.75. The number of nitriles is 1. The van der Waals surface area contributed by atoms with E-state index in [1.165, 1.54) is 16.0 Å². The first kappa shape index (κ1) is 17.9. The summed E-state index contributed by atoms with van der Waals surface area (Å²) in [6.07, 6.45) is 2.68. The first-order chi connectivity index (χ1) is 14.3. The summed E-state index contributed by atoms with van der Waals surface area (Å²) < 4.78 is 10.8. The van der Waals surface area contributed by atoms with Crippen LogP contribution in [0.1, 0.15) is 27.1 Å². The molecule has 3 heterocycles. The van der Waals surface area contributed by atoms with E-state index in [-0.39, 0.29) is 6.79 Å². The van der Waals surface area contributed by atoms with E-state index in [2.05, 4.69) is 40.2 Å². The number of fused-ring (bicyclic) bond motifs is 2. The van der Waals surface area contributed by atoms with Gasteiger partial charge in [-0.25, -0.2) is 4.99 Å². The fraction of sp³-hybridized carbons (Fsp3) is 0.217. The first-order valence-corrected chi connectivity index (χ1v) is 10.4. The Morgan fingerprint density at radius 3 is 2.86 bits per heavy atom. The molecule has 0 fully saturated rings. The summed E-state index contributed by atoms with van der Waals surface area (Å²) in [6, 6.07) is 18.6. The van der Waals surface area contributed by atoms with Gasteiger partial charge in [0.25, 0.3) is 0 Å². The van der Waals surface area contributed by atoms with Gasteiger partial charge in [0.1, 0.15) is 11.1 Å². The summed E-state index contributed by atoms with van der Waals surface area (Å²) in [6.45, 7) is 3.00. The van der Waals surface area contributed by atoms with Crippen molar-refractivity contribution < 1.29 is 9.47 Å². The van der Waals surface area contributed by atoms with Gasteiger partial charge < -0.3 is 9.47 Å². The predicted octanol–water partition coefficient (Wildman–Crippen LogP) is 4.66. The molecule has 0 spiro atoms. The minimum Gasteiger partial charge on any atom is -0.454 e. The molecule has 2 aliphatic rings. The molecule has 2 aliphatic heterocycles. The van der Waals surface area contributed by atoms with E-state index in [1.54, 1.807) is 17.6 Å². The second-order valence-corrected chi connectivity index (χ2v) is 8.20. The largest absolute Gasteiger partial charge is 0.454 e. The summed E-state index contributed by atoms with van der Waals surface area (Å²) in [5, 5.41) is 10.5. The van der Waals surface area contributed by atoms with Crippen molar-refractivity contribution in [2.45, 2.75) is 19.5 Å². The van der Waals surface area contributed by atoms with Gasteiger partial charge in [-0.05, 0) is 41.3 Å². The van der Waals surface area contributed by atoms with Crippen LogP contribution in [-0.4, -0.2) is 24.5 Å². The molecule has 3 aromatic rings. The Hall–Kier alpha value is -3.14. The van der Waals surface area contributed by atoms with Crippen molar-refractivity contribution in [2.24, 2.45) is 4.99 Å². The lowest BCUT2D eigenvalue weighted by molar-refractivity contribution is 0.174. The van der Waals surface area contributed by atoms with E-state index in [0.717, 1.165) is 53.7 Å². The minimum atomic E-state index is 0.256. The van der Waals surface area contributed by atoms with Crippen molar-refractivity contribution in [1.29, 1.82) is 5.26 Å². The van der Waals surface area contributed by atoms with Crippen molar-refractivity contribution in [3.05, 3.63) is 75.7 Å². The SMILES string of the molecule is N#Cc1c(N=Cc2ccc3c(c2)OCO3)sc2c1CCN(Cc1ccccc1)C2. The molecule has 1 aromatic heterocycles. The second-order valence-electron chi connectivity index (χ2n) is 7.11. The lowest BCUT2D eigenvalue weighted by Gasteiger charge is -2.26. The Labute approximate surface area is 173 Å². The van der Waals surface area contributed by atoms with Crippen LogP contribution >= 0.6 is 11.3 Å². The number of hydrogen-bond donors (Lipinski definition) is 0. The normalized spacial score (nSPS) is 15.4. The molecule has 5 nitrogen and oxygen atoms in total. The van der Waals surface area contributed by atoms with Gasteiger partial charge in [-0.2, -0.15) is 5.26 Å². The minimum absolute atomic E-state index is 0.256. The highest BCUT2D eigenvalue weighted by Crippen LogP contribution is 2.39. The van der Waals surface area contributed by atoms with E-state index in [4.69, 9.17) is 9.47 Å². The summed E-state index contributed by atoms with van der Waals surface area (Å²) in [7, 11) is 0. The van der Waals surface area contributed by atoms with Crippen LogP contribution in [0.3, 0.4) is 0 Å². The van der Waals surface area contributed by atoms with Gasteiger partial charge in [0.15, 0.2) is 11.5 Å². The molecule has 0 saturated carbocycles. The van der Waals surface area contributed by atoms with Crippen LogP contribution in [0.4, 0.5) is 5.00 Å². The number of thiophene rings is 1. The molecule has 0 aliphatic carbocycles. The van der Waals surface area contributed by atoms with Crippen LogP contribution < -0.4 is 9.47 Å². The molecular weight excluding hydrogens is 382 g/mol. The molecule has 0 amide bonds. The van der Waals surface area contributed by atoms with E-state index in [1.807, 2.05) is 24.3 Å². The lowest BCUT2D eigenvalue weighted by Crippen LogP contribution is -2.29. The third-order valence-electron chi connectivity index (χ3n) is 5.21. The Morgan fingerprint density at radius 1 is 1.14 bits per heavy atom. The van der Waals surface area contributed by atoms with Crippen LogP contribution in [0, 0.1) is 11.3 Å². The number of benzene rings is 2. The van der Waals surface area contributed by atoms with Gasteiger partial charge >= 0.3 is 0 Å². The van der Waals surface area contributed by atoms with Gasteiger partial charge in [0.2, 0.25) is 6.79 Å². The van der Waals surface area contributed by atoms with Crippen molar-refractivity contribution in [3.8, 4) is 17.6 Å². The molecule has 0 radical (unpaired) electrons. The molecule has 0 unspecified atom stereocenters. The first-order valence-electron chi connectivity index (χ1n) is 9.55. The van der Waals surface area contributed by atoms with Crippen LogP contribution in [0.15, 0.2) is 53.5 Å². The zero-order chi connectivity index (χ0) is 19.6. The van der Waals surface area contributed by atoms with Gasteiger partial charge in [-0.3, -0.25) is 4.90 Å². The Balaban J connectivity index is 1.36. The summed E-state index contributed by atoms with van der Waals surface area (Å²) >= 11 is 1.63. The third-order valence-corrected chi connectivity index (χ3v) is 6.33. The molecule has 0 N–H and O–H groups in total.